The molecule has 0 saturated carbocycles. The summed E-state index contributed by atoms with van der Waals surface area (Å²) >= 11 is 0. The second kappa shape index (κ2) is 8.22. The SMILES string of the molecule is C[C@H](CNC(=O)CCc1ccc(F)c(F)c1)Oc1cccnc1. The number of halogens is 2. The van der Waals surface area contributed by atoms with E-state index >= 15 is 0 Å². The third kappa shape index (κ3) is 5.65. The van der Waals surface area contributed by atoms with Crippen LogP contribution in [0.5, 0.6) is 5.75 Å². The number of pyridine rings is 1. The summed E-state index contributed by atoms with van der Waals surface area (Å²) in [6.45, 7) is 2.19. The van der Waals surface area contributed by atoms with Gasteiger partial charge >= 0.3 is 0 Å². The van der Waals surface area contributed by atoms with Gasteiger partial charge in [-0.15, -0.1) is 0 Å². The fraction of sp³-hybridized carbons (Fsp3) is 0.294. The Kier molecular flexibility index (Phi) is 6.02. The fourth-order valence-corrected chi connectivity index (χ4v) is 1.99. The van der Waals surface area contributed by atoms with Gasteiger partial charge in [0.05, 0.1) is 12.7 Å². The molecule has 23 heavy (non-hydrogen) atoms. The normalized spacial score (nSPS) is 11.8. The molecule has 0 saturated heterocycles. The number of amides is 1. The van der Waals surface area contributed by atoms with E-state index in [0.29, 0.717) is 24.3 Å². The van der Waals surface area contributed by atoms with Crippen LogP contribution in [0, 0.1) is 11.6 Å². The zero-order valence-electron chi connectivity index (χ0n) is 12.8. The number of nitrogens with one attached hydrogen (secondary N) is 1. The van der Waals surface area contributed by atoms with Crippen molar-refractivity contribution in [3.8, 4) is 5.75 Å². The molecule has 0 aliphatic rings. The van der Waals surface area contributed by atoms with E-state index in [1.807, 2.05) is 6.92 Å². The van der Waals surface area contributed by atoms with E-state index < -0.39 is 11.6 Å². The Labute approximate surface area is 133 Å². The van der Waals surface area contributed by atoms with Crippen LogP contribution in [-0.4, -0.2) is 23.5 Å². The van der Waals surface area contributed by atoms with E-state index in [-0.39, 0.29) is 18.4 Å². The molecule has 1 heterocycles. The van der Waals surface area contributed by atoms with Gasteiger partial charge < -0.3 is 10.1 Å². The van der Waals surface area contributed by atoms with Crippen molar-refractivity contribution in [2.75, 3.05) is 6.54 Å². The van der Waals surface area contributed by atoms with Gasteiger partial charge in [0.25, 0.3) is 0 Å². The van der Waals surface area contributed by atoms with Gasteiger partial charge in [0.2, 0.25) is 5.91 Å². The van der Waals surface area contributed by atoms with Crippen LogP contribution < -0.4 is 10.1 Å². The first-order valence-electron chi connectivity index (χ1n) is 7.32. The molecule has 4 nitrogen and oxygen atoms in total. The summed E-state index contributed by atoms with van der Waals surface area (Å²) in [5.41, 5.74) is 0.582. The van der Waals surface area contributed by atoms with E-state index in [4.69, 9.17) is 4.74 Å². The van der Waals surface area contributed by atoms with Gasteiger partial charge in [0.1, 0.15) is 11.9 Å². The maximum Gasteiger partial charge on any atom is 0.220 e. The summed E-state index contributed by atoms with van der Waals surface area (Å²) < 4.78 is 31.5. The molecular weight excluding hydrogens is 302 g/mol. The first-order valence-corrected chi connectivity index (χ1v) is 7.32. The highest BCUT2D eigenvalue weighted by Gasteiger charge is 2.08. The molecule has 1 aromatic heterocycles. The molecule has 2 rings (SSSR count). The third-order valence-electron chi connectivity index (χ3n) is 3.18. The van der Waals surface area contributed by atoms with Crippen LogP contribution in [0.4, 0.5) is 8.78 Å². The van der Waals surface area contributed by atoms with Crippen molar-refractivity contribution in [1.29, 1.82) is 0 Å². The number of carbonyl (C=O) groups excluding carboxylic acids is 1. The Morgan fingerprint density at radius 3 is 2.83 bits per heavy atom. The number of ether oxygens (including phenoxy) is 1. The summed E-state index contributed by atoms with van der Waals surface area (Å²) in [6.07, 6.45) is 3.59. The summed E-state index contributed by atoms with van der Waals surface area (Å²) in [4.78, 5) is 15.7. The fourth-order valence-electron chi connectivity index (χ4n) is 1.99. The highest BCUT2D eigenvalue weighted by atomic mass is 19.2. The molecular formula is C17H18F2N2O2. The van der Waals surface area contributed by atoms with Crippen molar-refractivity contribution in [2.24, 2.45) is 0 Å². The molecule has 0 aliphatic heterocycles. The van der Waals surface area contributed by atoms with E-state index in [0.717, 1.165) is 12.1 Å². The number of aryl methyl sites for hydroxylation is 1. The monoisotopic (exact) mass is 320 g/mol. The Balaban J connectivity index is 1.71. The van der Waals surface area contributed by atoms with E-state index in [2.05, 4.69) is 10.3 Å². The molecule has 1 N–H and O–H groups in total. The average molecular weight is 320 g/mol. The zero-order valence-corrected chi connectivity index (χ0v) is 12.8. The predicted octanol–water partition coefficient (Wildman–Crippen LogP) is 2.88. The second-order valence-corrected chi connectivity index (χ2v) is 5.17. The van der Waals surface area contributed by atoms with Crippen LogP contribution in [0.1, 0.15) is 18.9 Å². The second-order valence-electron chi connectivity index (χ2n) is 5.17. The maximum absolute atomic E-state index is 13.1. The van der Waals surface area contributed by atoms with Crippen LogP contribution in [0.2, 0.25) is 0 Å². The molecule has 1 atom stereocenters. The van der Waals surface area contributed by atoms with Gasteiger partial charge in [-0.2, -0.15) is 0 Å². The largest absolute Gasteiger partial charge is 0.487 e. The van der Waals surface area contributed by atoms with E-state index in [1.165, 1.54) is 6.07 Å². The first-order chi connectivity index (χ1) is 11.0. The van der Waals surface area contributed by atoms with Crippen molar-refractivity contribution in [3.63, 3.8) is 0 Å². The Morgan fingerprint density at radius 2 is 2.13 bits per heavy atom. The number of benzene rings is 1. The number of hydrogen-bond acceptors (Lipinski definition) is 3. The lowest BCUT2D eigenvalue weighted by Gasteiger charge is -2.15. The van der Waals surface area contributed by atoms with E-state index in [9.17, 15) is 13.6 Å². The van der Waals surface area contributed by atoms with Crippen LogP contribution >= 0.6 is 0 Å². The lowest BCUT2D eigenvalue weighted by molar-refractivity contribution is -0.121. The molecule has 0 unspecified atom stereocenters. The van der Waals surface area contributed by atoms with Crippen LogP contribution in [0.25, 0.3) is 0 Å². The standard InChI is InChI=1S/C17H18F2N2O2/c1-12(23-14-3-2-8-20-11-14)10-21-17(22)7-5-13-4-6-15(18)16(19)9-13/h2-4,6,8-9,11-12H,5,7,10H2,1H3,(H,21,22)/t12-/m1/s1. The van der Waals surface area contributed by atoms with Gasteiger partial charge in [-0.1, -0.05) is 6.07 Å². The average Bonchev–Trinajstić information content (AvgIpc) is 2.55. The summed E-state index contributed by atoms with van der Waals surface area (Å²) in [5.74, 6) is -1.33. The van der Waals surface area contributed by atoms with Gasteiger partial charge in [-0.05, 0) is 43.2 Å². The number of nitrogens with zero attached hydrogens (tertiary/aromatic N) is 1. The number of carbonyl (C=O) groups is 1. The third-order valence-corrected chi connectivity index (χ3v) is 3.18. The lowest BCUT2D eigenvalue weighted by atomic mass is 10.1. The molecule has 0 radical (unpaired) electrons. The Bertz CT molecular complexity index is 650. The molecule has 0 bridgehead atoms. The van der Waals surface area contributed by atoms with Crippen molar-refractivity contribution in [2.45, 2.75) is 25.9 Å². The van der Waals surface area contributed by atoms with Crippen molar-refractivity contribution >= 4 is 5.91 Å². The van der Waals surface area contributed by atoms with Gasteiger partial charge in [-0.25, -0.2) is 8.78 Å². The van der Waals surface area contributed by atoms with Gasteiger partial charge in [0, 0.05) is 12.6 Å². The van der Waals surface area contributed by atoms with Crippen molar-refractivity contribution < 1.29 is 18.3 Å². The molecule has 0 spiro atoms. The van der Waals surface area contributed by atoms with Crippen molar-refractivity contribution in [3.05, 3.63) is 59.9 Å². The lowest BCUT2D eigenvalue weighted by Crippen LogP contribution is -2.33. The van der Waals surface area contributed by atoms with Crippen molar-refractivity contribution in [1.82, 2.24) is 10.3 Å². The summed E-state index contributed by atoms with van der Waals surface area (Å²) in [7, 11) is 0. The summed E-state index contributed by atoms with van der Waals surface area (Å²) in [5, 5.41) is 2.75. The number of hydrogen-bond donors (Lipinski definition) is 1. The highest BCUT2D eigenvalue weighted by molar-refractivity contribution is 5.76. The molecule has 0 aliphatic carbocycles. The minimum atomic E-state index is -0.901. The predicted molar refractivity (Wildman–Crippen MR) is 82.0 cm³/mol. The molecule has 2 aromatic rings. The minimum absolute atomic E-state index is 0.170. The van der Waals surface area contributed by atoms with E-state index in [1.54, 1.807) is 24.5 Å². The minimum Gasteiger partial charge on any atom is -0.487 e. The molecule has 122 valence electrons. The molecule has 1 aromatic carbocycles. The van der Waals surface area contributed by atoms with Crippen LogP contribution in [0.15, 0.2) is 42.7 Å². The zero-order chi connectivity index (χ0) is 16.7. The molecule has 0 fully saturated rings. The number of rotatable bonds is 7. The maximum atomic E-state index is 13.1. The van der Waals surface area contributed by atoms with Gasteiger partial charge in [0.15, 0.2) is 11.6 Å². The van der Waals surface area contributed by atoms with Crippen LogP contribution in [-0.2, 0) is 11.2 Å². The quantitative estimate of drug-likeness (QED) is 0.853. The Hall–Kier alpha value is -2.50. The topological polar surface area (TPSA) is 51.2 Å². The van der Waals surface area contributed by atoms with Gasteiger partial charge in [-0.3, -0.25) is 9.78 Å². The smallest absolute Gasteiger partial charge is 0.220 e. The molecule has 6 heteroatoms. The first kappa shape index (κ1) is 16.9. The number of aromatic nitrogens is 1. The Morgan fingerprint density at radius 1 is 1.30 bits per heavy atom. The highest BCUT2D eigenvalue weighted by Crippen LogP contribution is 2.11. The summed E-state index contributed by atoms with van der Waals surface area (Å²) in [6, 6.07) is 7.19. The van der Waals surface area contributed by atoms with Crippen LogP contribution in [0.3, 0.4) is 0 Å². The molecule has 1 amide bonds.